The number of hydrogen-bond acceptors (Lipinski definition) is 8. The van der Waals surface area contributed by atoms with E-state index in [9.17, 15) is 9.90 Å². The van der Waals surface area contributed by atoms with Gasteiger partial charge in [0.2, 0.25) is 5.76 Å². The van der Waals surface area contributed by atoms with E-state index in [4.69, 9.17) is 39.7 Å². The van der Waals surface area contributed by atoms with Gasteiger partial charge in [-0.2, -0.15) is 0 Å². The van der Waals surface area contributed by atoms with Crippen molar-refractivity contribution in [1.82, 2.24) is 0 Å². The molecule has 0 saturated heterocycles. The lowest BCUT2D eigenvalue weighted by Crippen LogP contribution is -2.50. The number of ether oxygens (including phenoxy) is 1. The third-order valence-electron chi connectivity index (χ3n) is 11.8. The smallest absolute Gasteiger partial charge is 0.466 e. The predicted molar refractivity (Wildman–Crippen MR) is 169 cm³/mol. The highest BCUT2D eigenvalue weighted by Gasteiger charge is 2.59. The molecule has 3 saturated carbocycles. The van der Waals surface area contributed by atoms with E-state index in [1.165, 1.54) is 57.8 Å². The van der Waals surface area contributed by atoms with Crippen LogP contribution in [-0.4, -0.2) is 71.1 Å². The lowest BCUT2D eigenvalue weighted by atomic mass is 9.47. The van der Waals surface area contributed by atoms with Crippen molar-refractivity contribution in [2.24, 2.45) is 46.3 Å². The maximum Gasteiger partial charge on any atom is 0.466 e. The van der Waals surface area contributed by atoms with Crippen LogP contribution in [0.2, 0.25) is 0 Å². The zero-order valence-electron chi connectivity index (χ0n) is 27.5. The second kappa shape index (κ2) is 15.2. The van der Waals surface area contributed by atoms with Gasteiger partial charge < -0.3 is 44.9 Å². The second-order valence-corrected chi connectivity index (χ2v) is 16.0. The van der Waals surface area contributed by atoms with Crippen LogP contribution in [0.1, 0.15) is 105 Å². The lowest BCUT2D eigenvalue weighted by Gasteiger charge is -2.58. The van der Waals surface area contributed by atoms with Crippen LogP contribution in [0.25, 0.3) is 0 Å². The molecule has 5 rings (SSSR count). The van der Waals surface area contributed by atoms with Gasteiger partial charge in [0.05, 0.1) is 12.7 Å². The van der Waals surface area contributed by atoms with Crippen molar-refractivity contribution in [2.45, 2.75) is 124 Å². The number of hydrogen-bond donors (Lipinski definition) is 8. The van der Waals surface area contributed by atoms with Gasteiger partial charge in [0.1, 0.15) is 6.10 Å². The van der Waals surface area contributed by atoms with E-state index in [1.54, 1.807) is 5.57 Å². The molecule has 0 amide bonds. The first-order valence-electron chi connectivity index (χ1n) is 16.6. The number of allylic oxidation sites excluding steroid dienone is 1. The molecule has 0 unspecified atom stereocenters. The standard InChI is InChI=1S/C27H46O.C6H8O6.H3O4P/c1-18(2)7-6-8-19(3)23-11-12-24-22-10-9-20-17-21(28)13-15-26(20,4)25(22)14-16-27(23,24)5;7-1-2(8)5-3(9)4(10)6(11)12-5;1-5(2,3)4/h9,18-19,21-25,28H,6-8,10-17H2,1-5H3;2,5,7-10H,1H2;(H3,1,2,3,4)/t19-,21+,22+,23-,24+,25+,26+,27-;2-,5+;/m10./s1. The largest absolute Gasteiger partial charge is 0.505 e. The summed E-state index contributed by atoms with van der Waals surface area (Å²) in [5.74, 6) is 2.68. The Labute approximate surface area is 267 Å². The first kappa shape index (κ1) is 38.0. The average Bonchev–Trinajstić information content (AvgIpc) is 3.43. The molecular weight excluding hydrogens is 603 g/mol. The van der Waals surface area contributed by atoms with E-state index in [2.05, 4.69) is 45.4 Å². The van der Waals surface area contributed by atoms with Gasteiger partial charge in [0.25, 0.3) is 0 Å². The number of aliphatic hydroxyl groups excluding tert-OH is 5. The molecule has 0 aromatic rings. The minimum atomic E-state index is -4.64. The number of aliphatic hydroxyl groups is 5. The molecule has 45 heavy (non-hydrogen) atoms. The zero-order chi connectivity index (χ0) is 33.9. The number of phosphoric acid groups is 1. The van der Waals surface area contributed by atoms with E-state index in [1.807, 2.05) is 0 Å². The van der Waals surface area contributed by atoms with Crippen LogP contribution in [0.4, 0.5) is 0 Å². The SMILES string of the molecule is CC(C)CCC[C@@H](C)[C@H]1CC[C@H]2[C@@H]3CC=C4C[C@@H](O)CC[C@]4(C)[C@H]3CC[C@]12C.O=C1O[C@H]([C@@H](O)CO)C(O)=C1O.O=P(O)(O)O. The Hall–Kier alpha value is -1.46. The van der Waals surface area contributed by atoms with Gasteiger partial charge in [-0.25, -0.2) is 9.36 Å². The minimum Gasteiger partial charge on any atom is -0.505 e. The van der Waals surface area contributed by atoms with Gasteiger partial charge >= 0.3 is 13.8 Å². The fraction of sp³-hybridized carbons (Fsp3) is 0.848. The summed E-state index contributed by atoms with van der Waals surface area (Å²) in [6.07, 6.45) is 14.4. The summed E-state index contributed by atoms with van der Waals surface area (Å²) in [7, 11) is -4.64. The maximum absolute atomic E-state index is 10.5. The van der Waals surface area contributed by atoms with E-state index in [0.29, 0.717) is 10.8 Å². The van der Waals surface area contributed by atoms with Gasteiger partial charge in [-0.05, 0) is 97.7 Å². The van der Waals surface area contributed by atoms with Crippen molar-refractivity contribution >= 4 is 13.8 Å². The Bertz CT molecular complexity index is 1120. The zero-order valence-corrected chi connectivity index (χ0v) is 28.4. The van der Waals surface area contributed by atoms with Gasteiger partial charge in [0, 0.05) is 0 Å². The summed E-state index contributed by atoms with van der Waals surface area (Å²) in [6.45, 7) is 11.9. The number of carbonyl (C=O) groups excluding carboxylic acids is 1. The van der Waals surface area contributed by atoms with E-state index < -0.39 is 44.1 Å². The molecule has 11 nitrogen and oxygen atoms in total. The Morgan fingerprint density at radius 1 is 1.00 bits per heavy atom. The van der Waals surface area contributed by atoms with E-state index in [-0.39, 0.29) is 6.10 Å². The third-order valence-corrected chi connectivity index (χ3v) is 11.8. The summed E-state index contributed by atoms with van der Waals surface area (Å²) in [6, 6.07) is 0. The first-order chi connectivity index (χ1) is 20.8. The van der Waals surface area contributed by atoms with Crippen LogP contribution in [0, 0.1) is 46.3 Å². The number of fused-ring (bicyclic) bond motifs is 5. The van der Waals surface area contributed by atoms with Crippen molar-refractivity contribution in [3.05, 3.63) is 23.2 Å². The molecule has 0 bridgehead atoms. The fourth-order valence-electron chi connectivity index (χ4n) is 9.49. The van der Waals surface area contributed by atoms with Gasteiger partial charge in [0.15, 0.2) is 11.9 Å². The molecule has 0 radical (unpaired) electrons. The second-order valence-electron chi connectivity index (χ2n) is 15.0. The number of cyclic esters (lactones) is 1. The van der Waals surface area contributed by atoms with E-state index >= 15 is 0 Å². The number of carbonyl (C=O) groups is 1. The summed E-state index contributed by atoms with van der Waals surface area (Å²) in [4.78, 5) is 32.1. The summed E-state index contributed by atoms with van der Waals surface area (Å²) < 4.78 is 13.2. The summed E-state index contributed by atoms with van der Waals surface area (Å²) >= 11 is 0. The van der Waals surface area contributed by atoms with Gasteiger partial charge in [-0.3, -0.25) is 0 Å². The van der Waals surface area contributed by atoms with Crippen molar-refractivity contribution < 1.29 is 54.3 Å². The number of rotatable bonds is 7. The lowest BCUT2D eigenvalue weighted by molar-refractivity contribution is -0.147. The molecule has 0 aromatic carbocycles. The highest BCUT2D eigenvalue weighted by atomic mass is 31.2. The average molecular weight is 661 g/mol. The van der Waals surface area contributed by atoms with Crippen molar-refractivity contribution in [3.63, 3.8) is 0 Å². The minimum absolute atomic E-state index is 0.0766. The Morgan fingerprint density at radius 2 is 1.64 bits per heavy atom. The predicted octanol–water partition coefficient (Wildman–Crippen LogP) is 5.05. The molecular formula is C33H57O11P. The molecule has 0 spiro atoms. The van der Waals surface area contributed by atoms with Crippen LogP contribution in [0.15, 0.2) is 23.2 Å². The van der Waals surface area contributed by atoms with Crippen molar-refractivity contribution in [1.29, 1.82) is 0 Å². The molecule has 8 N–H and O–H groups in total. The Kier molecular flexibility index (Phi) is 12.8. The quantitative estimate of drug-likeness (QED) is 0.103. The molecule has 1 heterocycles. The van der Waals surface area contributed by atoms with Crippen molar-refractivity contribution in [3.8, 4) is 0 Å². The van der Waals surface area contributed by atoms with Gasteiger partial charge in [-0.1, -0.05) is 65.5 Å². The maximum atomic E-state index is 10.5. The molecule has 1 aliphatic heterocycles. The molecule has 5 aliphatic rings. The van der Waals surface area contributed by atoms with Crippen LogP contribution in [0.5, 0.6) is 0 Å². The summed E-state index contributed by atoms with van der Waals surface area (Å²) in [5, 5.41) is 45.3. The Balaban J connectivity index is 0.000000269. The molecule has 12 heteroatoms. The fourth-order valence-corrected chi connectivity index (χ4v) is 9.49. The molecule has 0 aromatic heterocycles. The van der Waals surface area contributed by atoms with E-state index in [0.717, 1.165) is 48.3 Å². The Morgan fingerprint density at radius 3 is 2.20 bits per heavy atom. The highest BCUT2D eigenvalue weighted by Crippen LogP contribution is 2.67. The van der Waals surface area contributed by atoms with Crippen molar-refractivity contribution in [2.75, 3.05) is 6.61 Å². The van der Waals surface area contributed by atoms with Crippen LogP contribution in [-0.2, 0) is 14.1 Å². The monoisotopic (exact) mass is 660 g/mol. The highest BCUT2D eigenvalue weighted by molar-refractivity contribution is 7.45. The topological polar surface area (TPSA) is 205 Å². The normalized spacial score (nSPS) is 37.2. The summed E-state index contributed by atoms with van der Waals surface area (Å²) in [5.41, 5.74) is 2.60. The van der Waals surface area contributed by atoms with Crippen LogP contribution >= 0.6 is 7.82 Å². The first-order valence-corrected chi connectivity index (χ1v) is 18.2. The van der Waals surface area contributed by atoms with Gasteiger partial charge in [-0.15, -0.1) is 0 Å². The molecule has 10 atom stereocenters. The van der Waals surface area contributed by atoms with Crippen LogP contribution in [0.3, 0.4) is 0 Å². The van der Waals surface area contributed by atoms with Crippen LogP contribution < -0.4 is 0 Å². The molecule has 3 fully saturated rings. The number of esters is 1. The third kappa shape index (κ3) is 8.92. The molecule has 260 valence electrons. The molecule has 4 aliphatic carbocycles.